The van der Waals surface area contributed by atoms with Crippen molar-refractivity contribution < 1.29 is 9.53 Å². The molecule has 0 spiro atoms. The average Bonchev–Trinajstić information content (AvgIpc) is 2.73. The van der Waals surface area contributed by atoms with Crippen molar-refractivity contribution in [1.82, 2.24) is 15.2 Å². The largest absolute Gasteiger partial charge is 0.378 e. The number of carbonyl (C=O) groups excluding carboxylic acids is 1. The highest BCUT2D eigenvalue weighted by Crippen LogP contribution is 2.33. The van der Waals surface area contributed by atoms with Gasteiger partial charge in [0, 0.05) is 43.5 Å². The number of carbonyl (C=O) groups is 1. The number of piperidine rings is 1. The summed E-state index contributed by atoms with van der Waals surface area (Å²) < 4.78 is 5.83. The maximum atomic E-state index is 12.8. The zero-order valence-corrected chi connectivity index (χ0v) is 16.9. The van der Waals surface area contributed by atoms with Gasteiger partial charge >= 0.3 is 6.03 Å². The highest BCUT2D eigenvalue weighted by atomic mass is 16.5. The molecule has 150 valence electrons. The summed E-state index contributed by atoms with van der Waals surface area (Å²) in [5.41, 5.74) is 1.39. The summed E-state index contributed by atoms with van der Waals surface area (Å²) in [5, 5.41) is 5.74. The summed E-state index contributed by atoms with van der Waals surface area (Å²) in [4.78, 5) is 19.0. The standard InChI is InChI=1S/C23H31N3O2/c1-16(2)22-14-19(9-13-28-22)25-23(27)26-11-7-17(8-12-26)20-5-3-4-18-15-24-10-6-21(18)20/h3-6,10,15-17,19,22H,7-9,11-14H2,1-2H3,(H,25,27)/t19-,22+/m1/s1. The predicted octanol–water partition coefficient (Wildman–Crippen LogP) is 4.33. The quantitative estimate of drug-likeness (QED) is 0.861. The maximum absolute atomic E-state index is 12.8. The fraction of sp³-hybridized carbons (Fsp3) is 0.565. The van der Waals surface area contributed by atoms with Crippen molar-refractivity contribution in [2.75, 3.05) is 19.7 Å². The van der Waals surface area contributed by atoms with Crippen LogP contribution in [0.25, 0.3) is 10.8 Å². The number of ether oxygens (including phenoxy) is 1. The molecule has 2 fully saturated rings. The van der Waals surface area contributed by atoms with Crippen molar-refractivity contribution >= 4 is 16.8 Å². The summed E-state index contributed by atoms with van der Waals surface area (Å²) in [5.74, 6) is 0.995. The normalized spacial score (nSPS) is 23.9. The van der Waals surface area contributed by atoms with Crippen LogP contribution in [0, 0.1) is 5.92 Å². The minimum atomic E-state index is 0.0926. The molecular formula is C23H31N3O2. The number of nitrogens with zero attached hydrogens (tertiary/aromatic N) is 2. The Kier molecular flexibility index (Phi) is 5.81. The highest BCUT2D eigenvalue weighted by Gasteiger charge is 2.29. The van der Waals surface area contributed by atoms with Crippen LogP contribution in [0.3, 0.4) is 0 Å². The van der Waals surface area contributed by atoms with Gasteiger partial charge in [-0.3, -0.25) is 4.98 Å². The maximum Gasteiger partial charge on any atom is 0.317 e. The Morgan fingerprint density at radius 1 is 1.21 bits per heavy atom. The number of likely N-dealkylation sites (tertiary alicyclic amines) is 1. The molecule has 5 heteroatoms. The molecule has 4 rings (SSSR count). The first kappa shape index (κ1) is 19.2. The first-order chi connectivity index (χ1) is 13.6. The molecular weight excluding hydrogens is 350 g/mol. The van der Waals surface area contributed by atoms with E-state index in [-0.39, 0.29) is 18.2 Å². The van der Waals surface area contributed by atoms with Crippen molar-refractivity contribution in [3.8, 4) is 0 Å². The van der Waals surface area contributed by atoms with Gasteiger partial charge in [0.2, 0.25) is 0 Å². The van der Waals surface area contributed by atoms with Gasteiger partial charge in [-0.05, 0) is 54.5 Å². The van der Waals surface area contributed by atoms with Gasteiger partial charge in [-0.1, -0.05) is 32.0 Å². The van der Waals surface area contributed by atoms with Gasteiger partial charge in [-0.15, -0.1) is 0 Å². The van der Waals surface area contributed by atoms with E-state index < -0.39 is 0 Å². The third kappa shape index (κ3) is 4.14. The number of rotatable bonds is 3. The number of fused-ring (bicyclic) bond motifs is 1. The van der Waals surface area contributed by atoms with Crippen molar-refractivity contribution in [3.05, 3.63) is 42.2 Å². The van der Waals surface area contributed by atoms with E-state index in [0.717, 1.165) is 45.4 Å². The van der Waals surface area contributed by atoms with Crippen LogP contribution in [0.5, 0.6) is 0 Å². The third-order valence-electron chi connectivity index (χ3n) is 6.32. The number of urea groups is 1. The van der Waals surface area contributed by atoms with Gasteiger partial charge in [0.05, 0.1) is 6.10 Å². The molecule has 5 nitrogen and oxygen atoms in total. The van der Waals surface area contributed by atoms with Crippen molar-refractivity contribution in [3.63, 3.8) is 0 Å². The second-order valence-electron chi connectivity index (χ2n) is 8.53. The number of nitrogens with one attached hydrogen (secondary N) is 1. The fourth-order valence-electron chi connectivity index (χ4n) is 4.59. The number of pyridine rings is 1. The number of aromatic nitrogens is 1. The number of hydrogen-bond acceptors (Lipinski definition) is 3. The molecule has 28 heavy (non-hydrogen) atoms. The number of hydrogen-bond donors (Lipinski definition) is 1. The molecule has 3 heterocycles. The van der Waals surface area contributed by atoms with E-state index in [2.05, 4.69) is 48.4 Å². The van der Waals surface area contributed by atoms with Gasteiger partial charge in [0.1, 0.15) is 0 Å². The van der Waals surface area contributed by atoms with E-state index in [1.807, 2.05) is 17.3 Å². The molecule has 2 atom stereocenters. The second kappa shape index (κ2) is 8.48. The average molecular weight is 382 g/mol. The number of amides is 2. The zero-order chi connectivity index (χ0) is 19.5. The van der Waals surface area contributed by atoms with Gasteiger partial charge < -0.3 is 15.0 Å². The molecule has 1 N–H and O–H groups in total. The summed E-state index contributed by atoms with van der Waals surface area (Å²) in [6.07, 6.45) is 7.91. The Hall–Kier alpha value is -2.14. The summed E-state index contributed by atoms with van der Waals surface area (Å²) in [6.45, 7) is 6.74. The Morgan fingerprint density at radius 2 is 2.04 bits per heavy atom. The van der Waals surface area contributed by atoms with E-state index in [9.17, 15) is 4.79 Å². The van der Waals surface area contributed by atoms with E-state index in [4.69, 9.17) is 4.74 Å². The fourth-order valence-corrected chi connectivity index (χ4v) is 4.59. The van der Waals surface area contributed by atoms with Crippen molar-refractivity contribution in [2.24, 2.45) is 5.92 Å². The molecule has 0 unspecified atom stereocenters. The highest BCUT2D eigenvalue weighted by molar-refractivity contribution is 5.85. The molecule has 2 saturated heterocycles. The molecule has 1 aromatic heterocycles. The van der Waals surface area contributed by atoms with Gasteiger partial charge in [0.15, 0.2) is 0 Å². The lowest BCUT2D eigenvalue weighted by Gasteiger charge is -2.36. The molecule has 0 bridgehead atoms. The van der Waals surface area contributed by atoms with E-state index in [1.165, 1.54) is 16.3 Å². The predicted molar refractivity (Wildman–Crippen MR) is 111 cm³/mol. The topological polar surface area (TPSA) is 54.5 Å². The molecule has 0 saturated carbocycles. The molecule has 0 radical (unpaired) electrons. The molecule has 2 aliphatic heterocycles. The minimum absolute atomic E-state index is 0.0926. The first-order valence-electron chi connectivity index (χ1n) is 10.6. The summed E-state index contributed by atoms with van der Waals surface area (Å²) in [7, 11) is 0. The monoisotopic (exact) mass is 381 g/mol. The Bertz CT molecular complexity index is 809. The van der Waals surface area contributed by atoms with Crippen LogP contribution in [0.4, 0.5) is 4.79 Å². The van der Waals surface area contributed by atoms with Crippen LogP contribution in [0.1, 0.15) is 51.0 Å². The first-order valence-corrected chi connectivity index (χ1v) is 10.6. The molecule has 2 aliphatic rings. The lowest BCUT2D eigenvalue weighted by atomic mass is 9.87. The Balaban J connectivity index is 1.34. The van der Waals surface area contributed by atoms with Crippen LogP contribution >= 0.6 is 0 Å². The molecule has 1 aromatic carbocycles. The van der Waals surface area contributed by atoms with Gasteiger partial charge in [-0.25, -0.2) is 4.79 Å². The lowest BCUT2D eigenvalue weighted by Crippen LogP contribution is -2.50. The van der Waals surface area contributed by atoms with Crippen LogP contribution in [0.15, 0.2) is 36.7 Å². The van der Waals surface area contributed by atoms with E-state index in [1.54, 1.807) is 0 Å². The third-order valence-corrected chi connectivity index (χ3v) is 6.32. The van der Waals surface area contributed by atoms with Gasteiger partial charge in [0.25, 0.3) is 0 Å². The van der Waals surface area contributed by atoms with Crippen LogP contribution in [0.2, 0.25) is 0 Å². The van der Waals surface area contributed by atoms with Gasteiger partial charge in [-0.2, -0.15) is 0 Å². The number of benzene rings is 1. The molecule has 2 aromatic rings. The van der Waals surface area contributed by atoms with Crippen LogP contribution in [-0.2, 0) is 4.74 Å². The van der Waals surface area contributed by atoms with Crippen molar-refractivity contribution in [1.29, 1.82) is 0 Å². The zero-order valence-electron chi connectivity index (χ0n) is 16.9. The summed E-state index contributed by atoms with van der Waals surface area (Å²) in [6, 6.07) is 8.91. The van der Waals surface area contributed by atoms with Crippen molar-refractivity contribution in [2.45, 2.75) is 57.6 Å². The molecule has 2 amide bonds. The Morgan fingerprint density at radius 3 is 2.82 bits per heavy atom. The Labute approximate surface area is 167 Å². The second-order valence-corrected chi connectivity index (χ2v) is 8.53. The van der Waals surface area contributed by atoms with E-state index in [0.29, 0.717) is 11.8 Å². The molecule has 0 aliphatic carbocycles. The van der Waals surface area contributed by atoms with Crippen LogP contribution < -0.4 is 5.32 Å². The van der Waals surface area contributed by atoms with E-state index >= 15 is 0 Å². The summed E-state index contributed by atoms with van der Waals surface area (Å²) >= 11 is 0. The van der Waals surface area contributed by atoms with Crippen LogP contribution in [-0.4, -0.2) is 47.8 Å². The smallest absolute Gasteiger partial charge is 0.317 e. The lowest BCUT2D eigenvalue weighted by molar-refractivity contribution is -0.0232. The SMILES string of the molecule is CC(C)[C@@H]1C[C@H](NC(=O)N2CCC(c3cccc4cnccc34)CC2)CCO1. The minimum Gasteiger partial charge on any atom is -0.378 e.